The molecule has 1 saturated heterocycles. The molecule has 0 bridgehead atoms. The fraction of sp³-hybridized carbons (Fsp3) is 0.421. The predicted octanol–water partition coefficient (Wildman–Crippen LogP) is 1.83. The Morgan fingerprint density at radius 1 is 1.29 bits per heavy atom. The minimum atomic E-state index is -0.325. The zero-order chi connectivity index (χ0) is 19.8. The molecule has 8 nitrogen and oxygen atoms in total. The molecule has 148 valence electrons. The zero-order valence-electron chi connectivity index (χ0n) is 16.1. The van der Waals surface area contributed by atoms with Gasteiger partial charge in [-0.05, 0) is 25.6 Å². The first kappa shape index (κ1) is 18.4. The van der Waals surface area contributed by atoms with Gasteiger partial charge >= 0.3 is 0 Å². The molecule has 9 heteroatoms. The van der Waals surface area contributed by atoms with Crippen molar-refractivity contribution < 1.29 is 8.81 Å². The van der Waals surface area contributed by atoms with Crippen molar-refractivity contribution in [3.63, 3.8) is 0 Å². The number of anilines is 2. The number of fused-ring (bicyclic) bond motifs is 1. The summed E-state index contributed by atoms with van der Waals surface area (Å²) in [5.74, 6) is 0.219. The first-order valence-corrected chi connectivity index (χ1v) is 9.18. The second kappa shape index (κ2) is 7.23. The first-order chi connectivity index (χ1) is 13.4. The monoisotopic (exact) mass is 386 g/mol. The van der Waals surface area contributed by atoms with Gasteiger partial charge in [-0.3, -0.25) is 14.7 Å². The molecule has 1 unspecified atom stereocenters. The van der Waals surface area contributed by atoms with E-state index >= 15 is 0 Å². The summed E-state index contributed by atoms with van der Waals surface area (Å²) >= 11 is 0. The Balaban J connectivity index is 1.45. The molecule has 0 aliphatic carbocycles. The van der Waals surface area contributed by atoms with Gasteiger partial charge in [-0.15, -0.1) is 0 Å². The average molecular weight is 386 g/mol. The number of nitrogens with zero attached hydrogens (tertiary/aromatic N) is 5. The topological polar surface area (TPSA) is 81.5 Å². The van der Waals surface area contributed by atoms with Crippen LogP contribution in [-0.4, -0.2) is 60.1 Å². The van der Waals surface area contributed by atoms with Crippen molar-refractivity contribution in [3.8, 4) is 0 Å². The second-order valence-corrected chi connectivity index (χ2v) is 7.37. The summed E-state index contributed by atoms with van der Waals surface area (Å²) < 4.78 is 19.1. The summed E-state index contributed by atoms with van der Waals surface area (Å²) in [6.07, 6.45) is 0.938. The van der Waals surface area contributed by atoms with E-state index in [1.807, 2.05) is 21.1 Å². The smallest absolute Gasteiger partial charge is 0.298 e. The number of aromatic nitrogens is 3. The molecule has 3 aromatic rings. The summed E-state index contributed by atoms with van der Waals surface area (Å²) in [4.78, 5) is 29.5. The van der Waals surface area contributed by atoms with Crippen LogP contribution in [0.1, 0.15) is 12.1 Å². The Kier molecular flexibility index (Phi) is 4.76. The van der Waals surface area contributed by atoms with E-state index in [2.05, 4.69) is 24.8 Å². The number of hydrogen-bond acceptors (Lipinski definition) is 7. The number of likely N-dealkylation sites (N-methyl/N-ethyl adjacent to an activating group) is 1. The van der Waals surface area contributed by atoms with Crippen LogP contribution in [0.25, 0.3) is 11.1 Å². The van der Waals surface area contributed by atoms with Crippen molar-refractivity contribution in [3.05, 3.63) is 46.1 Å². The summed E-state index contributed by atoms with van der Waals surface area (Å²) in [6, 6.07) is 6.67. The number of benzene rings is 1. The van der Waals surface area contributed by atoms with E-state index in [-0.39, 0.29) is 17.4 Å². The standard InChI is InChI=1S/C19H23FN6O2/c1-24(2)18-21-13(9-17(27)23-18)10-25(3)14-6-7-26(11-14)19-22-15-8-12(20)4-5-16(15)28-19/h4-5,8-9,14H,6-7,10-11H2,1-3H3,(H,21,23,27). The Morgan fingerprint density at radius 2 is 2.11 bits per heavy atom. The van der Waals surface area contributed by atoms with Gasteiger partial charge in [0.25, 0.3) is 11.6 Å². The van der Waals surface area contributed by atoms with Gasteiger partial charge in [0, 0.05) is 51.9 Å². The normalized spacial score (nSPS) is 17.0. The molecular weight excluding hydrogens is 363 g/mol. The lowest BCUT2D eigenvalue weighted by molar-refractivity contribution is 0.247. The number of aromatic amines is 1. The van der Waals surface area contributed by atoms with Gasteiger partial charge in [0.15, 0.2) is 5.58 Å². The van der Waals surface area contributed by atoms with Crippen molar-refractivity contribution in [2.75, 3.05) is 44.0 Å². The van der Waals surface area contributed by atoms with Crippen LogP contribution in [0, 0.1) is 5.82 Å². The Morgan fingerprint density at radius 3 is 2.89 bits per heavy atom. The van der Waals surface area contributed by atoms with Crippen molar-refractivity contribution in [1.29, 1.82) is 0 Å². The molecule has 4 rings (SSSR count). The number of H-pyrrole nitrogens is 1. The van der Waals surface area contributed by atoms with Gasteiger partial charge in [0.2, 0.25) is 5.95 Å². The maximum Gasteiger partial charge on any atom is 0.298 e. The molecular formula is C19H23FN6O2. The third-order valence-electron chi connectivity index (χ3n) is 5.01. The molecule has 28 heavy (non-hydrogen) atoms. The molecule has 0 spiro atoms. The molecule has 1 aliphatic rings. The fourth-order valence-corrected chi connectivity index (χ4v) is 3.47. The highest BCUT2D eigenvalue weighted by Gasteiger charge is 2.29. The van der Waals surface area contributed by atoms with Crippen molar-refractivity contribution >= 4 is 23.1 Å². The maximum atomic E-state index is 13.4. The molecule has 2 aromatic heterocycles. The number of oxazole rings is 1. The highest BCUT2D eigenvalue weighted by atomic mass is 19.1. The predicted molar refractivity (Wildman–Crippen MR) is 105 cm³/mol. The maximum absolute atomic E-state index is 13.4. The number of halogens is 1. The molecule has 1 aliphatic heterocycles. The van der Waals surface area contributed by atoms with Gasteiger partial charge in [-0.2, -0.15) is 4.98 Å². The van der Waals surface area contributed by atoms with E-state index in [1.54, 1.807) is 11.0 Å². The van der Waals surface area contributed by atoms with Gasteiger partial charge < -0.3 is 14.2 Å². The van der Waals surface area contributed by atoms with Crippen LogP contribution < -0.4 is 15.4 Å². The Bertz CT molecular complexity index is 1050. The van der Waals surface area contributed by atoms with Gasteiger partial charge in [-0.1, -0.05) is 0 Å². The molecule has 1 atom stereocenters. The minimum absolute atomic E-state index is 0.158. The van der Waals surface area contributed by atoms with E-state index in [0.29, 0.717) is 29.6 Å². The van der Waals surface area contributed by atoms with Crippen LogP contribution >= 0.6 is 0 Å². The molecule has 3 heterocycles. The van der Waals surface area contributed by atoms with Gasteiger partial charge in [-0.25, -0.2) is 9.37 Å². The summed E-state index contributed by atoms with van der Waals surface area (Å²) in [5.41, 5.74) is 1.67. The number of nitrogens with one attached hydrogen (secondary N) is 1. The third kappa shape index (κ3) is 3.70. The quantitative estimate of drug-likeness (QED) is 0.716. The van der Waals surface area contributed by atoms with Crippen LogP contribution in [0.5, 0.6) is 0 Å². The van der Waals surface area contributed by atoms with Gasteiger partial charge in [0.05, 0.1) is 5.69 Å². The van der Waals surface area contributed by atoms with E-state index < -0.39 is 0 Å². The van der Waals surface area contributed by atoms with Gasteiger partial charge in [0.1, 0.15) is 11.3 Å². The van der Waals surface area contributed by atoms with Crippen molar-refractivity contribution in [2.24, 2.45) is 0 Å². The summed E-state index contributed by atoms with van der Waals surface area (Å²) in [6.45, 7) is 2.12. The molecule has 0 amide bonds. The van der Waals surface area contributed by atoms with Crippen LogP contribution in [0.15, 0.2) is 33.5 Å². The van der Waals surface area contributed by atoms with Crippen LogP contribution in [0.2, 0.25) is 0 Å². The fourth-order valence-electron chi connectivity index (χ4n) is 3.47. The molecule has 1 N–H and O–H groups in total. The summed E-state index contributed by atoms with van der Waals surface area (Å²) in [7, 11) is 5.70. The van der Waals surface area contributed by atoms with Crippen molar-refractivity contribution in [2.45, 2.75) is 19.0 Å². The van der Waals surface area contributed by atoms with Crippen LogP contribution in [0.3, 0.4) is 0 Å². The van der Waals surface area contributed by atoms with E-state index in [4.69, 9.17) is 4.42 Å². The highest BCUT2D eigenvalue weighted by molar-refractivity contribution is 5.74. The molecule has 1 aromatic carbocycles. The van der Waals surface area contributed by atoms with Crippen LogP contribution in [0.4, 0.5) is 16.4 Å². The molecule has 1 fully saturated rings. The van der Waals surface area contributed by atoms with Crippen molar-refractivity contribution in [1.82, 2.24) is 19.9 Å². The zero-order valence-corrected chi connectivity index (χ0v) is 16.1. The van der Waals surface area contributed by atoms with E-state index in [9.17, 15) is 9.18 Å². The SMILES string of the molecule is CN(C)c1nc(CN(C)C2CCN(c3nc4cc(F)ccc4o3)C2)cc(=O)[nH]1. The lowest BCUT2D eigenvalue weighted by Gasteiger charge is -2.24. The largest absolute Gasteiger partial charge is 0.423 e. The highest BCUT2D eigenvalue weighted by Crippen LogP contribution is 2.27. The summed E-state index contributed by atoms with van der Waals surface area (Å²) in [5, 5.41) is 0. The lowest BCUT2D eigenvalue weighted by Crippen LogP contribution is -2.35. The lowest BCUT2D eigenvalue weighted by atomic mass is 10.2. The third-order valence-corrected chi connectivity index (χ3v) is 5.01. The second-order valence-electron chi connectivity index (χ2n) is 7.37. The minimum Gasteiger partial charge on any atom is -0.423 e. The van der Waals surface area contributed by atoms with E-state index in [0.717, 1.165) is 25.2 Å². The first-order valence-electron chi connectivity index (χ1n) is 9.18. The Labute approximate surface area is 161 Å². The number of rotatable bonds is 5. The van der Waals surface area contributed by atoms with Crippen LogP contribution in [-0.2, 0) is 6.54 Å². The molecule has 0 radical (unpaired) electrons. The molecule has 0 saturated carbocycles. The average Bonchev–Trinajstić information content (AvgIpc) is 3.27. The number of hydrogen-bond donors (Lipinski definition) is 1. The van der Waals surface area contributed by atoms with E-state index in [1.165, 1.54) is 18.2 Å². The Hall–Kier alpha value is -2.94.